The third-order valence-electron chi connectivity index (χ3n) is 5.14. The van der Waals surface area contributed by atoms with E-state index >= 15 is 0 Å². The van der Waals surface area contributed by atoms with Crippen LogP contribution in [0.2, 0.25) is 0 Å². The number of piperidine rings is 1. The number of nitriles is 1. The number of benzene rings is 2. The first kappa shape index (κ1) is 22.3. The predicted molar refractivity (Wildman–Crippen MR) is 118 cm³/mol. The van der Waals surface area contributed by atoms with Gasteiger partial charge in [-0.15, -0.1) is 11.8 Å². The van der Waals surface area contributed by atoms with Crippen molar-refractivity contribution < 1.29 is 13.2 Å². The lowest BCUT2D eigenvalue weighted by Gasteiger charge is -2.30. The summed E-state index contributed by atoms with van der Waals surface area (Å²) in [5.41, 5.74) is 1.64. The summed E-state index contributed by atoms with van der Waals surface area (Å²) in [6, 6.07) is 16.2. The van der Waals surface area contributed by atoms with Crippen molar-refractivity contribution in [1.29, 1.82) is 5.26 Å². The monoisotopic (exact) mass is 443 g/mol. The van der Waals surface area contributed by atoms with Gasteiger partial charge >= 0.3 is 0 Å². The largest absolute Gasteiger partial charge is 0.355 e. The zero-order valence-electron chi connectivity index (χ0n) is 16.9. The van der Waals surface area contributed by atoms with Crippen molar-refractivity contribution in [2.24, 2.45) is 5.92 Å². The van der Waals surface area contributed by atoms with Crippen LogP contribution in [-0.4, -0.2) is 44.0 Å². The highest BCUT2D eigenvalue weighted by Gasteiger charge is 2.31. The van der Waals surface area contributed by atoms with Gasteiger partial charge in [-0.05, 0) is 56.2 Å². The molecule has 1 fully saturated rings. The number of hydrogen-bond acceptors (Lipinski definition) is 5. The average Bonchev–Trinajstić information content (AvgIpc) is 2.78. The van der Waals surface area contributed by atoms with Crippen molar-refractivity contribution in [2.45, 2.75) is 29.6 Å². The Balaban J connectivity index is 1.44. The molecule has 6 nitrogen and oxygen atoms in total. The summed E-state index contributed by atoms with van der Waals surface area (Å²) in [7, 11) is -3.60. The van der Waals surface area contributed by atoms with Crippen molar-refractivity contribution in [3.63, 3.8) is 0 Å². The molecule has 3 rings (SSSR count). The number of nitrogens with one attached hydrogen (secondary N) is 1. The van der Waals surface area contributed by atoms with E-state index in [0.29, 0.717) is 38.0 Å². The molecule has 0 aromatic heterocycles. The Morgan fingerprint density at radius 2 is 1.77 bits per heavy atom. The summed E-state index contributed by atoms with van der Waals surface area (Å²) in [4.78, 5) is 13.8. The van der Waals surface area contributed by atoms with Gasteiger partial charge in [-0.2, -0.15) is 9.57 Å². The lowest BCUT2D eigenvalue weighted by Crippen LogP contribution is -2.43. The van der Waals surface area contributed by atoms with Crippen molar-refractivity contribution in [3.8, 4) is 6.07 Å². The zero-order valence-corrected chi connectivity index (χ0v) is 18.5. The zero-order chi connectivity index (χ0) is 21.6. The van der Waals surface area contributed by atoms with Gasteiger partial charge < -0.3 is 5.32 Å². The SMILES string of the molecule is Cc1ccc(SCCNC(=O)C2CCN(S(=O)(=O)c3ccc(C#N)cc3)CC2)cc1. The molecule has 0 spiro atoms. The molecule has 1 saturated heterocycles. The fourth-order valence-corrected chi connectivity index (χ4v) is 5.57. The van der Waals surface area contributed by atoms with E-state index in [1.165, 1.54) is 39.0 Å². The first-order valence-corrected chi connectivity index (χ1v) is 12.3. The standard InChI is InChI=1S/C22H25N3O3S2/c1-17-2-6-20(7-3-17)29-15-12-24-22(26)19-10-13-25(14-11-19)30(27,28)21-8-4-18(16-23)5-9-21/h2-9,19H,10-15H2,1H3,(H,24,26). The highest BCUT2D eigenvalue weighted by molar-refractivity contribution is 7.99. The first-order chi connectivity index (χ1) is 14.4. The van der Waals surface area contributed by atoms with E-state index in [1.54, 1.807) is 11.8 Å². The van der Waals surface area contributed by atoms with Crippen LogP contribution in [0, 0.1) is 24.2 Å². The Hall–Kier alpha value is -2.34. The van der Waals surface area contributed by atoms with Crippen LogP contribution in [0.4, 0.5) is 0 Å². The van der Waals surface area contributed by atoms with Crippen molar-refractivity contribution in [2.75, 3.05) is 25.4 Å². The summed E-state index contributed by atoms with van der Waals surface area (Å²) in [6.07, 6.45) is 1.01. The van der Waals surface area contributed by atoms with Gasteiger partial charge in [0.15, 0.2) is 0 Å². The minimum absolute atomic E-state index is 0.00470. The van der Waals surface area contributed by atoms with Crippen LogP contribution >= 0.6 is 11.8 Å². The highest BCUT2D eigenvalue weighted by Crippen LogP contribution is 2.24. The van der Waals surface area contributed by atoms with E-state index in [0.717, 1.165) is 5.75 Å². The topological polar surface area (TPSA) is 90.3 Å². The highest BCUT2D eigenvalue weighted by atomic mass is 32.2. The molecule has 158 valence electrons. The van der Waals surface area contributed by atoms with E-state index in [2.05, 4.69) is 36.5 Å². The molecule has 0 aliphatic carbocycles. The van der Waals surface area contributed by atoms with Gasteiger partial charge in [0.25, 0.3) is 0 Å². The van der Waals surface area contributed by atoms with Gasteiger partial charge in [-0.3, -0.25) is 4.79 Å². The molecular weight excluding hydrogens is 418 g/mol. The maximum absolute atomic E-state index is 12.8. The van der Waals surface area contributed by atoms with Crippen LogP contribution in [0.25, 0.3) is 0 Å². The normalized spacial score (nSPS) is 15.5. The molecule has 0 unspecified atom stereocenters. The minimum Gasteiger partial charge on any atom is -0.355 e. The number of rotatable bonds is 7. The molecule has 0 bridgehead atoms. The molecule has 1 heterocycles. The number of aryl methyl sites for hydroxylation is 1. The summed E-state index contributed by atoms with van der Waals surface area (Å²) in [5, 5.41) is 11.8. The third kappa shape index (κ3) is 5.63. The van der Waals surface area contributed by atoms with E-state index in [9.17, 15) is 13.2 Å². The molecule has 30 heavy (non-hydrogen) atoms. The number of carbonyl (C=O) groups is 1. The summed E-state index contributed by atoms with van der Waals surface area (Å²) >= 11 is 1.70. The number of hydrogen-bond donors (Lipinski definition) is 1. The van der Waals surface area contributed by atoms with Gasteiger partial charge in [-0.25, -0.2) is 8.42 Å². The Bertz CT molecular complexity index is 1010. The fraction of sp³-hybridized carbons (Fsp3) is 0.364. The van der Waals surface area contributed by atoms with Gasteiger partial charge in [-0.1, -0.05) is 17.7 Å². The summed E-state index contributed by atoms with van der Waals surface area (Å²) in [5.74, 6) is 0.623. The number of thioether (sulfide) groups is 1. The summed E-state index contributed by atoms with van der Waals surface area (Å²) < 4.78 is 27.0. The number of sulfonamides is 1. The Kier molecular flexibility index (Phi) is 7.53. The van der Waals surface area contributed by atoms with E-state index in [1.807, 2.05) is 6.07 Å². The second-order valence-electron chi connectivity index (χ2n) is 7.27. The van der Waals surface area contributed by atoms with Gasteiger partial charge in [0.2, 0.25) is 15.9 Å². The van der Waals surface area contributed by atoms with Gasteiger partial charge in [0.1, 0.15) is 0 Å². The molecule has 1 aliphatic heterocycles. The van der Waals surface area contributed by atoms with Crippen LogP contribution in [0.3, 0.4) is 0 Å². The second kappa shape index (κ2) is 10.1. The minimum atomic E-state index is -3.60. The van der Waals surface area contributed by atoms with E-state index in [-0.39, 0.29) is 16.7 Å². The van der Waals surface area contributed by atoms with Crippen LogP contribution < -0.4 is 5.32 Å². The maximum Gasteiger partial charge on any atom is 0.243 e. The molecule has 0 saturated carbocycles. The van der Waals surface area contributed by atoms with Crippen LogP contribution in [0.1, 0.15) is 24.0 Å². The Labute approximate surface area is 182 Å². The Morgan fingerprint density at radius 3 is 2.37 bits per heavy atom. The molecule has 1 aliphatic rings. The number of amides is 1. The first-order valence-electron chi connectivity index (χ1n) is 9.87. The van der Waals surface area contributed by atoms with E-state index in [4.69, 9.17) is 5.26 Å². The molecule has 1 N–H and O–H groups in total. The van der Waals surface area contributed by atoms with Gasteiger partial charge in [0.05, 0.1) is 16.5 Å². The molecule has 8 heteroatoms. The smallest absolute Gasteiger partial charge is 0.243 e. The lowest BCUT2D eigenvalue weighted by atomic mass is 9.97. The molecule has 2 aromatic rings. The molecule has 2 aromatic carbocycles. The number of nitrogens with zero attached hydrogens (tertiary/aromatic N) is 2. The van der Waals surface area contributed by atoms with E-state index < -0.39 is 10.0 Å². The average molecular weight is 444 g/mol. The van der Waals surface area contributed by atoms with Crippen molar-refractivity contribution in [3.05, 3.63) is 59.7 Å². The van der Waals surface area contributed by atoms with Gasteiger partial charge in [0, 0.05) is 36.2 Å². The second-order valence-corrected chi connectivity index (χ2v) is 10.4. The molecule has 1 amide bonds. The quantitative estimate of drug-likeness (QED) is 0.524. The van der Waals surface area contributed by atoms with Crippen LogP contribution in [0.5, 0.6) is 0 Å². The Morgan fingerprint density at radius 1 is 1.13 bits per heavy atom. The molecular formula is C22H25N3O3S2. The van der Waals surface area contributed by atoms with Crippen molar-refractivity contribution in [1.82, 2.24) is 9.62 Å². The third-order valence-corrected chi connectivity index (χ3v) is 8.06. The predicted octanol–water partition coefficient (Wildman–Crippen LogP) is 3.18. The molecule has 0 atom stereocenters. The number of carbonyl (C=O) groups excluding carboxylic acids is 1. The van der Waals surface area contributed by atoms with Crippen LogP contribution in [0.15, 0.2) is 58.3 Å². The van der Waals surface area contributed by atoms with Crippen molar-refractivity contribution >= 4 is 27.7 Å². The lowest BCUT2D eigenvalue weighted by molar-refractivity contribution is -0.125. The maximum atomic E-state index is 12.8. The summed E-state index contributed by atoms with van der Waals surface area (Å²) in [6.45, 7) is 3.27. The molecule has 0 radical (unpaired) electrons. The van der Waals surface area contributed by atoms with Crippen LogP contribution in [-0.2, 0) is 14.8 Å². The fourth-order valence-electron chi connectivity index (χ4n) is 3.33.